The molecule has 0 aliphatic heterocycles. The molecule has 1 aliphatic carbocycles. The van der Waals surface area contributed by atoms with Gasteiger partial charge in [-0.05, 0) is 80.5 Å². The van der Waals surface area contributed by atoms with Crippen LogP contribution in [0, 0.1) is 51.8 Å². The number of hydrogen-bond acceptors (Lipinski definition) is 4. The molecule has 1 heterocycles. The lowest BCUT2D eigenvalue weighted by atomic mass is 9.98. The number of benzene rings is 2. The maximum atomic E-state index is 14.5. The third-order valence-corrected chi connectivity index (χ3v) is 7.51. The van der Waals surface area contributed by atoms with Crippen molar-refractivity contribution >= 4 is 16.5 Å². The van der Waals surface area contributed by atoms with E-state index in [9.17, 15) is 4.39 Å². The fourth-order valence-corrected chi connectivity index (χ4v) is 5.33. The van der Waals surface area contributed by atoms with Crippen LogP contribution in [0.25, 0.3) is 11.3 Å². The summed E-state index contributed by atoms with van der Waals surface area (Å²) < 4.78 is 20.0. The van der Waals surface area contributed by atoms with Crippen LogP contribution in [0.3, 0.4) is 0 Å². The zero-order valence-electron chi connectivity index (χ0n) is 20.0. The van der Waals surface area contributed by atoms with Crippen molar-refractivity contribution in [3.8, 4) is 29.4 Å². The molecule has 0 spiro atoms. The molecule has 0 bridgehead atoms. The first kappa shape index (κ1) is 23.3. The molecule has 1 aliphatic rings. The van der Waals surface area contributed by atoms with Gasteiger partial charge in [-0.3, -0.25) is 0 Å². The van der Waals surface area contributed by atoms with Gasteiger partial charge in [0.2, 0.25) is 0 Å². The van der Waals surface area contributed by atoms with Crippen LogP contribution in [0.15, 0.2) is 30.3 Å². The van der Waals surface area contributed by atoms with Crippen molar-refractivity contribution in [2.24, 2.45) is 5.92 Å². The lowest BCUT2D eigenvalue weighted by Gasteiger charge is -2.31. The van der Waals surface area contributed by atoms with E-state index in [1.54, 1.807) is 31.4 Å². The summed E-state index contributed by atoms with van der Waals surface area (Å²) in [4.78, 5) is 8.41. The van der Waals surface area contributed by atoms with Gasteiger partial charge >= 0.3 is 0 Å². The average molecular weight is 463 g/mol. The SMILES string of the molecule is C#CCN(c1nc(-c2cc(C)c(OC)cc2C)c(C)s1)[C@@H](CC1CC1)c1ccc(C)c(F)c1. The van der Waals surface area contributed by atoms with E-state index >= 15 is 0 Å². The lowest BCUT2D eigenvalue weighted by molar-refractivity contribution is 0.411. The maximum absolute atomic E-state index is 14.5. The Morgan fingerprint density at radius 2 is 1.91 bits per heavy atom. The van der Waals surface area contributed by atoms with Crippen molar-refractivity contribution in [3.63, 3.8) is 0 Å². The fraction of sp³-hybridized carbons (Fsp3) is 0.393. The summed E-state index contributed by atoms with van der Waals surface area (Å²) in [5.74, 6) is 4.19. The molecule has 2 aromatic carbocycles. The first-order chi connectivity index (χ1) is 15.8. The minimum atomic E-state index is -0.172. The molecule has 4 rings (SSSR count). The number of terminal acetylenes is 1. The van der Waals surface area contributed by atoms with E-state index in [2.05, 4.69) is 36.8 Å². The molecule has 5 heteroatoms. The second-order valence-corrected chi connectivity index (χ2v) is 10.3. The van der Waals surface area contributed by atoms with Crippen LogP contribution >= 0.6 is 11.3 Å². The quantitative estimate of drug-likeness (QED) is 0.332. The summed E-state index contributed by atoms with van der Waals surface area (Å²) in [6.45, 7) is 8.46. The normalized spacial score (nSPS) is 14.1. The molecule has 0 amide bonds. The van der Waals surface area contributed by atoms with E-state index in [0.717, 1.165) is 50.1 Å². The van der Waals surface area contributed by atoms with Crippen LogP contribution in [0.2, 0.25) is 0 Å². The highest BCUT2D eigenvalue weighted by Crippen LogP contribution is 2.44. The van der Waals surface area contributed by atoms with Gasteiger partial charge in [0.1, 0.15) is 11.6 Å². The summed E-state index contributed by atoms with van der Waals surface area (Å²) in [5.41, 5.74) is 5.90. The van der Waals surface area contributed by atoms with Gasteiger partial charge in [-0.2, -0.15) is 0 Å². The van der Waals surface area contributed by atoms with Crippen molar-refractivity contribution in [1.82, 2.24) is 4.98 Å². The zero-order valence-corrected chi connectivity index (χ0v) is 20.9. The van der Waals surface area contributed by atoms with E-state index < -0.39 is 0 Å². The minimum absolute atomic E-state index is 0.000695. The summed E-state index contributed by atoms with van der Waals surface area (Å²) in [5, 5.41) is 0.889. The topological polar surface area (TPSA) is 25.4 Å². The molecule has 0 radical (unpaired) electrons. The largest absolute Gasteiger partial charge is 0.496 e. The first-order valence-corrected chi connectivity index (χ1v) is 12.2. The van der Waals surface area contributed by atoms with Crippen molar-refractivity contribution < 1.29 is 9.13 Å². The number of nitrogens with zero attached hydrogens (tertiary/aromatic N) is 2. The van der Waals surface area contributed by atoms with Gasteiger partial charge < -0.3 is 9.64 Å². The number of rotatable bonds is 8. The number of ether oxygens (including phenoxy) is 1. The van der Waals surface area contributed by atoms with Gasteiger partial charge in [-0.25, -0.2) is 9.37 Å². The van der Waals surface area contributed by atoms with E-state index in [0.29, 0.717) is 18.0 Å². The molecular weight excluding hydrogens is 431 g/mol. The van der Waals surface area contributed by atoms with Crippen molar-refractivity contribution in [2.45, 2.75) is 53.0 Å². The molecule has 0 unspecified atom stereocenters. The lowest BCUT2D eigenvalue weighted by Crippen LogP contribution is -2.29. The summed E-state index contributed by atoms with van der Waals surface area (Å²) >= 11 is 1.65. The second-order valence-electron chi connectivity index (χ2n) is 9.07. The van der Waals surface area contributed by atoms with Crippen LogP contribution in [-0.4, -0.2) is 18.6 Å². The maximum Gasteiger partial charge on any atom is 0.187 e. The molecule has 0 saturated heterocycles. The molecule has 172 valence electrons. The third-order valence-electron chi connectivity index (χ3n) is 6.50. The number of thiazole rings is 1. The van der Waals surface area contributed by atoms with Crippen LogP contribution < -0.4 is 9.64 Å². The number of anilines is 1. The Balaban J connectivity index is 1.76. The highest BCUT2D eigenvalue weighted by Gasteiger charge is 2.32. The van der Waals surface area contributed by atoms with Gasteiger partial charge in [-0.1, -0.05) is 30.9 Å². The predicted octanol–water partition coefficient (Wildman–Crippen LogP) is 7.17. The Hall–Kier alpha value is -2.84. The Morgan fingerprint density at radius 1 is 1.15 bits per heavy atom. The fourth-order valence-electron chi connectivity index (χ4n) is 4.36. The van der Waals surface area contributed by atoms with Crippen LogP contribution in [0.5, 0.6) is 5.75 Å². The van der Waals surface area contributed by atoms with Gasteiger partial charge in [0.05, 0.1) is 25.4 Å². The standard InChI is InChI=1S/C28H31FN2OS/c1-7-12-31(25(15-21-9-10-21)22-11-8-17(2)24(29)16-22)28-30-27(20(5)33-28)23-13-19(4)26(32-6)14-18(23)3/h1,8,11,13-14,16,21,25H,9-10,12,15H2,2-6H3/t25-/m0/s1. The number of aromatic nitrogens is 1. The van der Waals surface area contributed by atoms with Crippen LogP contribution in [0.4, 0.5) is 9.52 Å². The average Bonchev–Trinajstić information content (AvgIpc) is 3.53. The van der Waals surface area contributed by atoms with Crippen LogP contribution in [0.1, 0.15) is 52.4 Å². The molecule has 0 N–H and O–H groups in total. The van der Waals surface area contributed by atoms with Gasteiger partial charge in [0.25, 0.3) is 0 Å². The van der Waals surface area contributed by atoms with E-state index in [4.69, 9.17) is 16.1 Å². The first-order valence-electron chi connectivity index (χ1n) is 11.4. The second kappa shape index (κ2) is 9.57. The Kier molecular flexibility index (Phi) is 6.76. The van der Waals surface area contributed by atoms with E-state index in [1.807, 2.05) is 19.1 Å². The predicted molar refractivity (Wildman–Crippen MR) is 136 cm³/mol. The summed E-state index contributed by atoms with van der Waals surface area (Å²) in [6.07, 6.45) is 9.22. The number of aryl methyl sites for hydroxylation is 4. The van der Waals surface area contributed by atoms with Gasteiger partial charge in [0, 0.05) is 10.4 Å². The van der Waals surface area contributed by atoms with Gasteiger partial charge in [0.15, 0.2) is 5.13 Å². The van der Waals surface area contributed by atoms with E-state index in [-0.39, 0.29) is 11.9 Å². The Labute approximate surface area is 200 Å². The molecule has 1 aromatic heterocycles. The smallest absolute Gasteiger partial charge is 0.187 e. The molecular formula is C28H31FN2OS. The van der Waals surface area contributed by atoms with E-state index in [1.165, 1.54) is 12.8 Å². The highest BCUT2D eigenvalue weighted by atomic mass is 32.1. The highest BCUT2D eigenvalue weighted by molar-refractivity contribution is 7.16. The number of halogens is 1. The van der Waals surface area contributed by atoms with Crippen molar-refractivity contribution in [2.75, 3.05) is 18.6 Å². The Bertz CT molecular complexity index is 1210. The van der Waals surface area contributed by atoms with Crippen molar-refractivity contribution in [1.29, 1.82) is 0 Å². The Morgan fingerprint density at radius 3 is 2.55 bits per heavy atom. The minimum Gasteiger partial charge on any atom is -0.496 e. The molecule has 33 heavy (non-hydrogen) atoms. The van der Waals surface area contributed by atoms with Crippen LogP contribution in [-0.2, 0) is 0 Å². The van der Waals surface area contributed by atoms with Gasteiger partial charge in [-0.15, -0.1) is 17.8 Å². The molecule has 3 nitrogen and oxygen atoms in total. The van der Waals surface area contributed by atoms with Crippen molar-refractivity contribution in [3.05, 3.63) is 63.3 Å². The molecule has 1 saturated carbocycles. The third kappa shape index (κ3) is 4.91. The molecule has 1 atom stereocenters. The molecule has 3 aromatic rings. The molecule has 1 fully saturated rings. The number of hydrogen-bond donors (Lipinski definition) is 0. The summed E-state index contributed by atoms with van der Waals surface area (Å²) in [7, 11) is 1.69. The number of methoxy groups -OCH3 is 1. The monoisotopic (exact) mass is 462 g/mol. The zero-order chi connectivity index (χ0) is 23.7. The summed E-state index contributed by atoms with van der Waals surface area (Å²) in [6, 6.07) is 9.77.